The number of amides is 2. The SMILES string of the molecule is CCCCc1ccc(S(=O)(=O)N2CCN(C(=O)Nc3ccccc3Br)CC2)cc1. The fourth-order valence-corrected chi connectivity index (χ4v) is 5.05. The molecule has 0 saturated carbocycles. The number of anilines is 1. The highest BCUT2D eigenvalue weighted by atomic mass is 79.9. The first-order valence-corrected chi connectivity index (χ1v) is 12.0. The Morgan fingerprint density at radius 1 is 1.03 bits per heavy atom. The average Bonchev–Trinajstić information content (AvgIpc) is 2.74. The van der Waals surface area contributed by atoms with Crippen LogP contribution < -0.4 is 5.32 Å². The van der Waals surface area contributed by atoms with E-state index in [0.717, 1.165) is 29.3 Å². The zero-order valence-electron chi connectivity index (χ0n) is 16.5. The molecule has 6 nitrogen and oxygen atoms in total. The average molecular weight is 480 g/mol. The summed E-state index contributed by atoms with van der Waals surface area (Å²) in [4.78, 5) is 14.4. The summed E-state index contributed by atoms with van der Waals surface area (Å²) in [6, 6.07) is 14.3. The molecule has 0 unspecified atom stereocenters. The minimum absolute atomic E-state index is 0.228. The molecule has 2 amide bonds. The third kappa shape index (κ3) is 5.38. The maximum Gasteiger partial charge on any atom is 0.321 e. The van der Waals surface area contributed by atoms with E-state index in [1.54, 1.807) is 17.0 Å². The molecule has 1 heterocycles. The van der Waals surface area contributed by atoms with Gasteiger partial charge in [0.2, 0.25) is 10.0 Å². The number of nitrogens with one attached hydrogen (secondary N) is 1. The number of unbranched alkanes of at least 4 members (excludes halogenated alkanes) is 1. The summed E-state index contributed by atoms with van der Waals surface area (Å²) >= 11 is 3.41. The summed E-state index contributed by atoms with van der Waals surface area (Å²) in [5.41, 5.74) is 1.84. The lowest BCUT2D eigenvalue weighted by atomic mass is 10.1. The number of para-hydroxylation sites is 1. The molecule has 2 aromatic carbocycles. The van der Waals surface area contributed by atoms with Crippen LogP contribution in [0.4, 0.5) is 10.5 Å². The molecule has 0 aliphatic carbocycles. The Morgan fingerprint density at radius 2 is 1.69 bits per heavy atom. The van der Waals surface area contributed by atoms with E-state index in [1.807, 2.05) is 36.4 Å². The number of aryl methyl sites for hydroxylation is 1. The van der Waals surface area contributed by atoms with Crippen molar-refractivity contribution < 1.29 is 13.2 Å². The normalized spacial score (nSPS) is 15.3. The molecular formula is C21H26BrN3O3S. The maximum absolute atomic E-state index is 12.9. The number of rotatable bonds is 6. The van der Waals surface area contributed by atoms with Crippen LogP contribution in [0.5, 0.6) is 0 Å². The van der Waals surface area contributed by atoms with Crippen molar-refractivity contribution in [3.63, 3.8) is 0 Å². The van der Waals surface area contributed by atoms with Gasteiger partial charge in [-0.2, -0.15) is 4.31 Å². The highest BCUT2D eigenvalue weighted by Crippen LogP contribution is 2.23. The molecule has 0 atom stereocenters. The first kappa shape index (κ1) is 21.8. The van der Waals surface area contributed by atoms with E-state index < -0.39 is 10.0 Å². The first-order valence-electron chi connectivity index (χ1n) is 9.81. The lowest BCUT2D eigenvalue weighted by molar-refractivity contribution is 0.184. The van der Waals surface area contributed by atoms with E-state index in [0.29, 0.717) is 23.7 Å². The number of carbonyl (C=O) groups excluding carboxylic acids is 1. The molecule has 1 saturated heterocycles. The Bertz CT molecular complexity index is 940. The molecule has 3 rings (SSSR count). The summed E-state index contributed by atoms with van der Waals surface area (Å²) in [5, 5.41) is 2.86. The number of hydrogen-bond donors (Lipinski definition) is 1. The van der Waals surface area contributed by atoms with E-state index in [1.165, 1.54) is 4.31 Å². The second-order valence-electron chi connectivity index (χ2n) is 7.05. The molecule has 29 heavy (non-hydrogen) atoms. The smallest absolute Gasteiger partial charge is 0.321 e. The lowest BCUT2D eigenvalue weighted by Gasteiger charge is -2.34. The Hall–Kier alpha value is -1.90. The van der Waals surface area contributed by atoms with Gasteiger partial charge in [-0.15, -0.1) is 0 Å². The molecule has 0 radical (unpaired) electrons. The monoisotopic (exact) mass is 479 g/mol. The molecule has 156 valence electrons. The second-order valence-corrected chi connectivity index (χ2v) is 9.84. The molecule has 0 spiro atoms. The Kier molecular flexibility index (Phi) is 7.32. The van der Waals surface area contributed by atoms with Crippen LogP contribution in [-0.4, -0.2) is 49.8 Å². The fraction of sp³-hybridized carbons (Fsp3) is 0.381. The quantitative estimate of drug-likeness (QED) is 0.669. The van der Waals surface area contributed by atoms with Crippen LogP contribution >= 0.6 is 15.9 Å². The van der Waals surface area contributed by atoms with Crippen molar-refractivity contribution in [2.75, 3.05) is 31.5 Å². The van der Waals surface area contributed by atoms with E-state index >= 15 is 0 Å². The Balaban J connectivity index is 1.59. The highest BCUT2D eigenvalue weighted by Gasteiger charge is 2.30. The number of halogens is 1. The number of hydrogen-bond acceptors (Lipinski definition) is 3. The topological polar surface area (TPSA) is 69.7 Å². The Morgan fingerprint density at radius 3 is 2.31 bits per heavy atom. The molecule has 1 fully saturated rings. The van der Waals surface area contributed by atoms with Crippen LogP contribution in [0.25, 0.3) is 0 Å². The highest BCUT2D eigenvalue weighted by molar-refractivity contribution is 9.10. The summed E-state index contributed by atoms with van der Waals surface area (Å²) in [6.07, 6.45) is 3.16. The van der Waals surface area contributed by atoms with Crippen molar-refractivity contribution in [3.8, 4) is 0 Å². The van der Waals surface area contributed by atoms with Gasteiger partial charge in [-0.3, -0.25) is 0 Å². The van der Waals surface area contributed by atoms with Gasteiger partial charge in [-0.05, 0) is 58.6 Å². The fourth-order valence-electron chi connectivity index (χ4n) is 3.25. The third-order valence-corrected chi connectivity index (χ3v) is 7.63. The predicted octanol–water partition coefficient (Wildman–Crippen LogP) is 4.33. The van der Waals surface area contributed by atoms with Crippen LogP contribution in [0.2, 0.25) is 0 Å². The van der Waals surface area contributed by atoms with Crippen molar-refractivity contribution in [2.45, 2.75) is 31.1 Å². The van der Waals surface area contributed by atoms with E-state index in [2.05, 4.69) is 28.2 Å². The third-order valence-electron chi connectivity index (χ3n) is 5.02. The molecule has 1 N–H and O–H groups in total. The summed E-state index contributed by atoms with van der Waals surface area (Å²) in [6.45, 7) is 3.40. The minimum Gasteiger partial charge on any atom is -0.322 e. The summed E-state index contributed by atoms with van der Waals surface area (Å²) in [5.74, 6) is 0. The van der Waals surface area contributed by atoms with Gasteiger partial charge in [0.25, 0.3) is 0 Å². The van der Waals surface area contributed by atoms with E-state index in [4.69, 9.17) is 0 Å². The number of benzene rings is 2. The predicted molar refractivity (Wildman–Crippen MR) is 119 cm³/mol. The van der Waals surface area contributed by atoms with E-state index in [9.17, 15) is 13.2 Å². The zero-order chi connectivity index (χ0) is 20.9. The van der Waals surface area contributed by atoms with Crippen molar-refractivity contribution in [2.24, 2.45) is 0 Å². The number of sulfonamides is 1. The minimum atomic E-state index is -3.55. The zero-order valence-corrected chi connectivity index (χ0v) is 18.9. The molecule has 0 bridgehead atoms. The van der Waals surface area contributed by atoms with Gasteiger partial charge >= 0.3 is 6.03 Å². The van der Waals surface area contributed by atoms with Gasteiger partial charge < -0.3 is 10.2 Å². The number of carbonyl (C=O) groups is 1. The van der Waals surface area contributed by atoms with Gasteiger partial charge in [0.1, 0.15) is 0 Å². The molecule has 1 aliphatic heterocycles. The molecule has 1 aliphatic rings. The van der Waals surface area contributed by atoms with Crippen LogP contribution in [0, 0.1) is 0 Å². The van der Waals surface area contributed by atoms with Crippen LogP contribution in [0.3, 0.4) is 0 Å². The maximum atomic E-state index is 12.9. The number of nitrogens with zero attached hydrogens (tertiary/aromatic N) is 2. The van der Waals surface area contributed by atoms with Gasteiger partial charge in [-0.1, -0.05) is 37.6 Å². The number of urea groups is 1. The summed E-state index contributed by atoms with van der Waals surface area (Å²) < 4.78 is 28.1. The van der Waals surface area contributed by atoms with Gasteiger partial charge in [-0.25, -0.2) is 13.2 Å². The van der Waals surface area contributed by atoms with Crippen molar-refractivity contribution >= 4 is 37.7 Å². The second kappa shape index (κ2) is 9.73. The standard InChI is InChI=1S/C21H26BrN3O3S/c1-2-3-6-17-9-11-18(12-10-17)29(27,28)25-15-13-24(14-16-25)21(26)23-20-8-5-4-7-19(20)22/h4-5,7-12H,2-3,6,13-16H2,1H3,(H,23,26). The lowest BCUT2D eigenvalue weighted by Crippen LogP contribution is -2.51. The van der Waals surface area contributed by atoms with Crippen LogP contribution in [0.15, 0.2) is 57.9 Å². The van der Waals surface area contributed by atoms with Crippen molar-refractivity contribution in [1.29, 1.82) is 0 Å². The van der Waals surface area contributed by atoms with Gasteiger partial charge in [0, 0.05) is 30.7 Å². The summed E-state index contributed by atoms with van der Waals surface area (Å²) in [7, 11) is -3.55. The molecule has 8 heteroatoms. The van der Waals surface area contributed by atoms with Crippen molar-refractivity contribution in [3.05, 3.63) is 58.6 Å². The molecule has 0 aromatic heterocycles. The Labute approximate surface area is 181 Å². The van der Waals surface area contributed by atoms with E-state index in [-0.39, 0.29) is 19.1 Å². The van der Waals surface area contributed by atoms with Crippen molar-refractivity contribution in [1.82, 2.24) is 9.21 Å². The van der Waals surface area contributed by atoms with Gasteiger partial charge in [0.15, 0.2) is 0 Å². The van der Waals surface area contributed by atoms with Crippen LogP contribution in [0.1, 0.15) is 25.3 Å². The molecule has 2 aromatic rings. The number of piperazine rings is 1. The largest absolute Gasteiger partial charge is 0.322 e. The molecular weight excluding hydrogens is 454 g/mol. The van der Waals surface area contributed by atoms with Gasteiger partial charge in [0.05, 0.1) is 10.6 Å². The van der Waals surface area contributed by atoms with Crippen LogP contribution in [-0.2, 0) is 16.4 Å². The first-order chi connectivity index (χ1) is 13.9.